The Kier molecular flexibility index (Phi) is 6.24. The van der Waals surface area contributed by atoms with Crippen molar-refractivity contribution in [1.82, 2.24) is 9.38 Å². The van der Waals surface area contributed by atoms with E-state index in [-0.39, 0.29) is 12.4 Å². The largest absolute Gasteiger partial charge is 0.497 e. The maximum absolute atomic E-state index is 12.3. The summed E-state index contributed by atoms with van der Waals surface area (Å²) in [6.07, 6.45) is 3.58. The molecule has 0 aliphatic heterocycles. The molecule has 0 saturated heterocycles. The number of carbonyl (C=O) groups excluding carboxylic acids is 1. The molecule has 7 heteroatoms. The van der Waals surface area contributed by atoms with E-state index in [1.165, 1.54) is 0 Å². The number of rotatable bonds is 7. The highest BCUT2D eigenvalue weighted by Crippen LogP contribution is 2.31. The second-order valence-electron chi connectivity index (χ2n) is 6.09. The number of methoxy groups -OCH3 is 1. The van der Waals surface area contributed by atoms with E-state index in [1.807, 2.05) is 31.2 Å². The normalized spacial score (nSPS) is 11.0. The van der Waals surface area contributed by atoms with Crippen molar-refractivity contribution in [2.45, 2.75) is 26.2 Å². The summed E-state index contributed by atoms with van der Waals surface area (Å²) in [5.74, 6) is 0.431. The van der Waals surface area contributed by atoms with Crippen LogP contribution < -0.4 is 4.74 Å². The standard InChI is InChI=1S/C20H20Cl2N2O3/c1-3-4-9-27-18(25)11-17-19(13-5-7-15(26-2)8-6-13)23-20-16(22)10-14(21)12-24(17)20/h5-8,10,12H,3-4,9,11H2,1-2H3. The van der Waals surface area contributed by atoms with Crippen LogP contribution in [0.25, 0.3) is 16.9 Å². The van der Waals surface area contributed by atoms with Crippen LogP contribution in [0.3, 0.4) is 0 Å². The summed E-state index contributed by atoms with van der Waals surface area (Å²) < 4.78 is 12.3. The topological polar surface area (TPSA) is 52.8 Å². The van der Waals surface area contributed by atoms with Gasteiger partial charge >= 0.3 is 5.97 Å². The van der Waals surface area contributed by atoms with Gasteiger partial charge in [0.15, 0.2) is 5.65 Å². The lowest BCUT2D eigenvalue weighted by Crippen LogP contribution is -2.11. The Bertz CT molecular complexity index is 952. The Morgan fingerprint density at radius 1 is 1.22 bits per heavy atom. The summed E-state index contributed by atoms with van der Waals surface area (Å²) in [5.41, 5.74) is 2.74. The third kappa shape index (κ3) is 4.37. The first-order valence-corrected chi connectivity index (χ1v) is 9.45. The van der Waals surface area contributed by atoms with Crippen molar-refractivity contribution in [1.29, 1.82) is 0 Å². The molecule has 142 valence electrons. The molecule has 0 aliphatic carbocycles. The molecule has 0 amide bonds. The molecule has 2 aromatic heterocycles. The third-order valence-corrected chi connectivity index (χ3v) is 4.66. The number of pyridine rings is 1. The van der Waals surface area contributed by atoms with E-state index in [9.17, 15) is 4.79 Å². The number of carbonyl (C=O) groups is 1. The molecule has 0 fully saturated rings. The van der Waals surface area contributed by atoms with Gasteiger partial charge in [-0.25, -0.2) is 4.98 Å². The number of aromatic nitrogens is 2. The maximum atomic E-state index is 12.3. The van der Waals surface area contributed by atoms with Gasteiger partial charge < -0.3 is 13.9 Å². The Balaban J connectivity index is 2.05. The predicted molar refractivity (Wildman–Crippen MR) is 107 cm³/mol. The van der Waals surface area contributed by atoms with E-state index in [0.29, 0.717) is 33.7 Å². The van der Waals surface area contributed by atoms with Crippen molar-refractivity contribution in [2.24, 2.45) is 0 Å². The molecule has 27 heavy (non-hydrogen) atoms. The quantitative estimate of drug-likeness (QED) is 0.399. The number of fused-ring (bicyclic) bond motifs is 1. The smallest absolute Gasteiger partial charge is 0.311 e. The first-order chi connectivity index (χ1) is 13.0. The van der Waals surface area contributed by atoms with Crippen LogP contribution in [0.5, 0.6) is 5.75 Å². The lowest BCUT2D eigenvalue weighted by atomic mass is 10.1. The zero-order valence-electron chi connectivity index (χ0n) is 15.2. The highest BCUT2D eigenvalue weighted by molar-refractivity contribution is 6.36. The van der Waals surface area contributed by atoms with Gasteiger partial charge in [0, 0.05) is 11.8 Å². The molecule has 0 unspecified atom stereocenters. The zero-order valence-corrected chi connectivity index (χ0v) is 16.7. The molecule has 0 atom stereocenters. The molecule has 1 aromatic carbocycles. The van der Waals surface area contributed by atoms with Crippen molar-refractivity contribution >= 4 is 34.8 Å². The van der Waals surface area contributed by atoms with Gasteiger partial charge in [0.2, 0.25) is 0 Å². The summed E-state index contributed by atoms with van der Waals surface area (Å²) in [7, 11) is 1.61. The number of benzene rings is 1. The number of imidazole rings is 1. The Labute approximate surface area is 167 Å². The van der Waals surface area contributed by atoms with Crippen molar-refractivity contribution in [3.63, 3.8) is 0 Å². The fourth-order valence-electron chi connectivity index (χ4n) is 2.79. The van der Waals surface area contributed by atoms with Crippen LogP contribution in [0.15, 0.2) is 36.5 Å². The van der Waals surface area contributed by atoms with E-state index in [1.54, 1.807) is 23.8 Å². The molecule has 3 aromatic rings. The lowest BCUT2D eigenvalue weighted by molar-refractivity contribution is -0.143. The van der Waals surface area contributed by atoms with E-state index >= 15 is 0 Å². The van der Waals surface area contributed by atoms with Gasteiger partial charge in [0.25, 0.3) is 0 Å². The summed E-state index contributed by atoms with van der Waals surface area (Å²) in [6.45, 7) is 2.45. The predicted octanol–water partition coefficient (Wildman–Crippen LogP) is 5.20. The number of unbranched alkanes of at least 4 members (excludes halogenated alkanes) is 1. The van der Waals surface area contributed by atoms with E-state index < -0.39 is 0 Å². The van der Waals surface area contributed by atoms with Gasteiger partial charge in [-0.1, -0.05) is 36.5 Å². The highest BCUT2D eigenvalue weighted by Gasteiger charge is 2.20. The summed E-state index contributed by atoms with van der Waals surface area (Å²) in [6, 6.07) is 9.10. The van der Waals surface area contributed by atoms with Crippen molar-refractivity contribution in [3.05, 3.63) is 52.3 Å². The Hall–Kier alpha value is -2.24. The number of nitrogens with zero attached hydrogens (tertiary/aromatic N) is 2. The van der Waals surface area contributed by atoms with Gasteiger partial charge in [-0.15, -0.1) is 0 Å². The van der Waals surface area contributed by atoms with Gasteiger partial charge in [0.05, 0.1) is 41.6 Å². The maximum Gasteiger partial charge on any atom is 0.311 e. The SMILES string of the molecule is CCCCOC(=O)Cc1c(-c2ccc(OC)cc2)nc2c(Cl)cc(Cl)cn12. The van der Waals surface area contributed by atoms with Crippen LogP contribution in [-0.4, -0.2) is 29.1 Å². The minimum atomic E-state index is -0.309. The van der Waals surface area contributed by atoms with Crippen LogP contribution in [0.4, 0.5) is 0 Å². The van der Waals surface area contributed by atoms with E-state index in [0.717, 1.165) is 24.2 Å². The molecular weight excluding hydrogens is 387 g/mol. The molecule has 0 N–H and O–H groups in total. The third-order valence-electron chi connectivity index (χ3n) is 4.18. The number of hydrogen-bond acceptors (Lipinski definition) is 4. The molecular formula is C20H20Cl2N2O3. The molecule has 3 rings (SSSR count). The van der Waals surface area contributed by atoms with Crippen molar-refractivity contribution in [3.8, 4) is 17.0 Å². The monoisotopic (exact) mass is 406 g/mol. The average Bonchev–Trinajstić information content (AvgIpc) is 3.01. The molecule has 2 heterocycles. The number of hydrogen-bond donors (Lipinski definition) is 0. The summed E-state index contributed by atoms with van der Waals surface area (Å²) in [4.78, 5) is 17.0. The number of ether oxygens (including phenoxy) is 2. The van der Waals surface area contributed by atoms with E-state index in [2.05, 4.69) is 4.98 Å². The summed E-state index contributed by atoms with van der Waals surface area (Å²) in [5, 5.41) is 0.884. The van der Waals surface area contributed by atoms with Crippen LogP contribution in [0.2, 0.25) is 10.0 Å². The number of halogens is 2. The molecule has 0 spiro atoms. The Morgan fingerprint density at radius 3 is 2.63 bits per heavy atom. The molecule has 0 bridgehead atoms. The Morgan fingerprint density at radius 2 is 1.96 bits per heavy atom. The fraction of sp³-hybridized carbons (Fsp3) is 0.300. The van der Waals surface area contributed by atoms with Crippen LogP contribution >= 0.6 is 23.2 Å². The van der Waals surface area contributed by atoms with Crippen LogP contribution in [0, 0.1) is 0 Å². The van der Waals surface area contributed by atoms with Crippen LogP contribution in [0.1, 0.15) is 25.5 Å². The fourth-order valence-corrected chi connectivity index (χ4v) is 3.30. The lowest BCUT2D eigenvalue weighted by Gasteiger charge is -2.07. The minimum absolute atomic E-state index is 0.0723. The number of esters is 1. The second kappa shape index (κ2) is 8.63. The molecule has 0 aliphatic rings. The zero-order chi connectivity index (χ0) is 19.4. The van der Waals surface area contributed by atoms with Crippen LogP contribution in [-0.2, 0) is 16.0 Å². The van der Waals surface area contributed by atoms with Gasteiger partial charge in [-0.3, -0.25) is 4.79 Å². The van der Waals surface area contributed by atoms with Gasteiger partial charge in [0.1, 0.15) is 5.75 Å². The average molecular weight is 407 g/mol. The van der Waals surface area contributed by atoms with Crippen molar-refractivity contribution in [2.75, 3.05) is 13.7 Å². The van der Waals surface area contributed by atoms with Gasteiger partial charge in [-0.05, 0) is 36.8 Å². The van der Waals surface area contributed by atoms with Gasteiger partial charge in [-0.2, -0.15) is 0 Å². The molecule has 5 nitrogen and oxygen atoms in total. The summed E-state index contributed by atoms with van der Waals surface area (Å²) >= 11 is 12.5. The van der Waals surface area contributed by atoms with E-state index in [4.69, 9.17) is 32.7 Å². The first-order valence-electron chi connectivity index (χ1n) is 8.69. The molecule has 0 radical (unpaired) electrons. The molecule has 0 saturated carbocycles. The minimum Gasteiger partial charge on any atom is -0.497 e. The first kappa shape index (κ1) is 19.5. The highest BCUT2D eigenvalue weighted by atomic mass is 35.5. The van der Waals surface area contributed by atoms with Crippen molar-refractivity contribution < 1.29 is 14.3 Å². The second-order valence-corrected chi connectivity index (χ2v) is 6.93.